The Morgan fingerprint density at radius 3 is 2.43 bits per heavy atom. The van der Waals surface area contributed by atoms with Crippen LogP contribution in [0.4, 0.5) is 8.78 Å². The maximum absolute atomic E-state index is 13.3. The van der Waals surface area contributed by atoms with Gasteiger partial charge in [-0.15, -0.1) is 0 Å². The average molecular weight is 206 g/mol. The van der Waals surface area contributed by atoms with Crippen LogP contribution in [0.1, 0.15) is 26.2 Å². The van der Waals surface area contributed by atoms with Crippen molar-refractivity contribution in [1.82, 2.24) is 10.2 Å². The summed E-state index contributed by atoms with van der Waals surface area (Å²) in [5, 5.41) is 2.70. The van der Waals surface area contributed by atoms with Gasteiger partial charge in [0.1, 0.15) is 0 Å². The topological polar surface area (TPSA) is 15.3 Å². The molecule has 1 heterocycles. The van der Waals surface area contributed by atoms with Gasteiger partial charge >= 0.3 is 0 Å². The summed E-state index contributed by atoms with van der Waals surface area (Å²) >= 11 is 0. The Hall–Kier alpha value is -0.220. The van der Waals surface area contributed by atoms with E-state index in [0.717, 1.165) is 25.9 Å². The summed E-state index contributed by atoms with van der Waals surface area (Å²) in [5.41, 5.74) is 0. The van der Waals surface area contributed by atoms with Gasteiger partial charge in [-0.25, -0.2) is 8.78 Å². The van der Waals surface area contributed by atoms with Crippen LogP contribution in [0.5, 0.6) is 0 Å². The molecule has 1 N–H and O–H groups in total. The van der Waals surface area contributed by atoms with Crippen LogP contribution in [0, 0.1) is 0 Å². The van der Waals surface area contributed by atoms with Crippen LogP contribution in [-0.2, 0) is 0 Å². The average Bonchev–Trinajstić information content (AvgIpc) is 2.16. The molecule has 0 amide bonds. The molecule has 0 aromatic carbocycles. The van der Waals surface area contributed by atoms with Crippen molar-refractivity contribution < 1.29 is 8.78 Å². The molecule has 1 aliphatic rings. The van der Waals surface area contributed by atoms with Gasteiger partial charge in [-0.1, -0.05) is 13.3 Å². The van der Waals surface area contributed by atoms with Crippen LogP contribution in [-0.4, -0.2) is 43.5 Å². The molecule has 0 aromatic rings. The monoisotopic (exact) mass is 206 g/mol. The first-order chi connectivity index (χ1) is 6.64. The van der Waals surface area contributed by atoms with Crippen LogP contribution in [0.15, 0.2) is 0 Å². The largest absolute Gasteiger partial charge is 0.311 e. The Morgan fingerprint density at radius 2 is 1.86 bits per heavy atom. The van der Waals surface area contributed by atoms with Gasteiger partial charge in [-0.05, 0) is 32.5 Å². The van der Waals surface area contributed by atoms with Crippen LogP contribution in [0.2, 0.25) is 0 Å². The Balaban J connectivity index is 2.25. The van der Waals surface area contributed by atoms with E-state index in [1.165, 1.54) is 6.42 Å². The fourth-order valence-corrected chi connectivity index (χ4v) is 1.81. The molecule has 14 heavy (non-hydrogen) atoms. The number of nitrogens with zero attached hydrogens (tertiary/aromatic N) is 1. The van der Waals surface area contributed by atoms with Crippen molar-refractivity contribution in [2.45, 2.75) is 32.1 Å². The SMILES string of the molecule is CCNCC(F)(F)CN1CCCCC1. The molecule has 0 aromatic heterocycles. The van der Waals surface area contributed by atoms with Gasteiger partial charge in [-0.2, -0.15) is 0 Å². The summed E-state index contributed by atoms with van der Waals surface area (Å²) in [7, 11) is 0. The lowest BCUT2D eigenvalue weighted by Crippen LogP contribution is -2.45. The number of nitrogens with one attached hydrogen (secondary N) is 1. The summed E-state index contributed by atoms with van der Waals surface area (Å²) < 4.78 is 26.6. The van der Waals surface area contributed by atoms with Gasteiger partial charge in [0.15, 0.2) is 0 Å². The molecule has 0 radical (unpaired) electrons. The number of piperidine rings is 1. The van der Waals surface area contributed by atoms with Gasteiger partial charge in [-0.3, -0.25) is 4.90 Å². The summed E-state index contributed by atoms with van der Waals surface area (Å²) in [5.74, 6) is -2.58. The molecule has 0 atom stereocenters. The van der Waals surface area contributed by atoms with E-state index in [4.69, 9.17) is 0 Å². The molecular weight excluding hydrogens is 186 g/mol. The third-order valence-electron chi connectivity index (χ3n) is 2.54. The predicted octanol–water partition coefficient (Wildman–Crippen LogP) is 1.72. The van der Waals surface area contributed by atoms with Gasteiger partial charge in [0.05, 0.1) is 13.1 Å². The van der Waals surface area contributed by atoms with E-state index in [1.807, 2.05) is 11.8 Å². The number of halogens is 2. The second kappa shape index (κ2) is 5.61. The highest BCUT2D eigenvalue weighted by atomic mass is 19.3. The number of rotatable bonds is 5. The van der Waals surface area contributed by atoms with E-state index in [1.54, 1.807) is 0 Å². The van der Waals surface area contributed by atoms with Crippen molar-refractivity contribution in [2.24, 2.45) is 0 Å². The number of hydrogen-bond acceptors (Lipinski definition) is 2. The highest BCUT2D eigenvalue weighted by Crippen LogP contribution is 2.17. The van der Waals surface area contributed by atoms with E-state index in [-0.39, 0.29) is 13.1 Å². The van der Waals surface area contributed by atoms with Crippen molar-refractivity contribution in [2.75, 3.05) is 32.7 Å². The molecule has 0 bridgehead atoms. The molecule has 0 unspecified atom stereocenters. The van der Waals surface area contributed by atoms with Crippen molar-refractivity contribution in [1.29, 1.82) is 0 Å². The Labute approximate surface area is 84.7 Å². The highest BCUT2D eigenvalue weighted by Gasteiger charge is 2.31. The second-order valence-corrected chi connectivity index (χ2v) is 3.97. The highest BCUT2D eigenvalue weighted by molar-refractivity contribution is 4.76. The number of alkyl halides is 2. The maximum atomic E-state index is 13.3. The van der Waals surface area contributed by atoms with E-state index in [2.05, 4.69) is 5.32 Å². The van der Waals surface area contributed by atoms with E-state index < -0.39 is 5.92 Å². The van der Waals surface area contributed by atoms with Crippen LogP contribution in [0.25, 0.3) is 0 Å². The van der Waals surface area contributed by atoms with Gasteiger partial charge in [0, 0.05) is 0 Å². The molecule has 1 saturated heterocycles. The van der Waals surface area contributed by atoms with E-state index in [0.29, 0.717) is 6.54 Å². The molecule has 1 fully saturated rings. The first-order valence-electron chi connectivity index (χ1n) is 5.45. The standard InChI is InChI=1S/C10H20F2N2/c1-2-13-8-10(11,12)9-14-6-4-3-5-7-14/h13H,2-9H2,1H3. The molecule has 1 aliphatic heterocycles. The Kier molecular flexibility index (Phi) is 4.75. The quantitative estimate of drug-likeness (QED) is 0.736. The smallest absolute Gasteiger partial charge is 0.272 e. The summed E-state index contributed by atoms with van der Waals surface area (Å²) in [4.78, 5) is 1.88. The molecule has 2 nitrogen and oxygen atoms in total. The minimum Gasteiger partial charge on any atom is -0.311 e. The normalized spacial score (nSPS) is 19.9. The minimum absolute atomic E-state index is 0.0833. The minimum atomic E-state index is -2.58. The molecule has 0 saturated carbocycles. The van der Waals surface area contributed by atoms with Crippen molar-refractivity contribution in [3.63, 3.8) is 0 Å². The van der Waals surface area contributed by atoms with Crippen molar-refractivity contribution in [3.05, 3.63) is 0 Å². The van der Waals surface area contributed by atoms with E-state index in [9.17, 15) is 8.78 Å². The molecule has 1 rings (SSSR count). The molecular formula is C10H20F2N2. The predicted molar refractivity (Wildman–Crippen MR) is 53.8 cm³/mol. The fourth-order valence-electron chi connectivity index (χ4n) is 1.81. The lowest BCUT2D eigenvalue weighted by atomic mass is 10.1. The van der Waals surface area contributed by atoms with Crippen LogP contribution < -0.4 is 5.32 Å². The van der Waals surface area contributed by atoms with E-state index >= 15 is 0 Å². The van der Waals surface area contributed by atoms with Crippen LogP contribution in [0.3, 0.4) is 0 Å². The molecule has 4 heteroatoms. The first kappa shape index (κ1) is 11.9. The zero-order valence-corrected chi connectivity index (χ0v) is 8.86. The number of likely N-dealkylation sites (tertiary alicyclic amines) is 1. The first-order valence-corrected chi connectivity index (χ1v) is 5.45. The Bertz CT molecular complexity index is 156. The molecule has 0 aliphatic carbocycles. The fraction of sp³-hybridized carbons (Fsp3) is 1.00. The van der Waals surface area contributed by atoms with Gasteiger partial charge in [0.2, 0.25) is 0 Å². The third-order valence-corrected chi connectivity index (χ3v) is 2.54. The van der Waals surface area contributed by atoms with Gasteiger partial charge < -0.3 is 5.32 Å². The molecule has 84 valence electrons. The summed E-state index contributed by atoms with van der Waals surface area (Å²) in [6, 6.07) is 0. The van der Waals surface area contributed by atoms with Crippen LogP contribution >= 0.6 is 0 Å². The second-order valence-electron chi connectivity index (χ2n) is 3.97. The number of hydrogen-bond donors (Lipinski definition) is 1. The third kappa shape index (κ3) is 4.33. The maximum Gasteiger partial charge on any atom is 0.272 e. The van der Waals surface area contributed by atoms with Crippen molar-refractivity contribution >= 4 is 0 Å². The molecule has 0 spiro atoms. The summed E-state index contributed by atoms with van der Waals surface area (Å²) in [6.45, 7) is 3.84. The van der Waals surface area contributed by atoms with Gasteiger partial charge in [0.25, 0.3) is 5.92 Å². The lowest BCUT2D eigenvalue weighted by Gasteiger charge is -2.30. The summed E-state index contributed by atoms with van der Waals surface area (Å²) in [6.07, 6.45) is 3.32. The lowest BCUT2D eigenvalue weighted by molar-refractivity contribution is -0.0338. The zero-order chi connectivity index (χ0) is 10.4. The van der Waals surface area contributed by atoms with Crippen molar-refractivity contribution in [3.8, 4) is 0 Å². The Morgan fingerprint density at radius 1 is 1.21 bits per heavy atom. The zero-order valence-electron chi connectivity index (χ0n) is 8.86.